The van der Waals surface area contributed by atoms with Crippen molar-refractivity contribution in [1.82, 2.24) is 9.47 Å². The first-order chi connectivity index (χ1) is 19.3. The van der Waals surface area contributed by atoms with Gasteiger partial charge in [0.1, 0.15) is 0 Å². The van der Waals surface area contributed by atoms with Crippen LogP contribution in [0.5, 0.6) is 23.0 Å². The van der Waals surface area contributed by atoms with Crippen LogP contribution in [0.25, 0.3) is 10.9 Å². The van der Waals surface area contributed by atoms with Crippen molar-refractivity contribution in [2.24, 2.45) is 0 Å². The molecule has 11 heteroatoms. The quantitative estimate of drug-likeness (QED) is 0.228. The number of nitrogens with zero attached hydrogens (tertiary/aromatic N) is 2. The number of amides is 2. The van der Waals surface area contributed by atoms with Crippen LogP contribution in [0.3, 0.4) is 0 Å². The van der Waals surface area contributed by atoms with Gasteiger partial charge in [0.05, 0.1) is 41.8 Å². The Morgan fingerprint density at radius 2 is 1.55 bits per heavy atom. The summed E-state index contributed by atoms with van der Waals surface area (Å²) in [6.45, 7) is 0.0269. The Hall–Kier alpha value is -4.39. The van der Waals surface area contributed by atoms with E-state index in [0.717, 1.165) is 4.90 Å². The predicted molar refractivity (Wildman–Crippen MR) is 152 cm³/mol. The van der Waals surface area contributed by atoms with Gasteiger partial charge in [-0.25, -0.2) is 0 Å². The lowest BCUT2D eigenvalue weighted by Gasteiger charge is -2.17. The lowest BCUT2D eigenvalue weighted by Crippen LogP contribution is -2.33. The van der Waals surface area contributed by atoms with Crippen LogP contribution in [0.2, 0.25) is 0 Å². The van der Waals surface area contributed by atoms with Crippen molar-refractivity contribution < 1.29 is 33.3 Å². The van der Waals surface area contributed by atoms with Crippen LogP contribution in [-0.2, 0) is 6.42 Å². The number of aromatic nitrogens is 1. The molecule has 0 saturated carbocycles. The van der Waals surface area contributed by atoms with Gasteiger partial charge in [0, 0.05) is 27.9 Å². The zero-order chi connectivity index (χ0) is 28.1. The molecule has 3 heterocycles. The van der Waals surface area contributed by atoms with Crippen LogP contribution in [0, 0.1) is 3.57 Å². The molecule has 0 atom stereocenters. The summed E-state index contributed by atoms with van der Waals surface area (Å²) in [5.74, 6) is 0.398. The molecule has 0 N–H and O–H groups in total. The molecule has 0 unspecified atom stereocenters. The van der Waals surface area contributed by atoms with E-state index in [4.69, 9.17) is 18.9 Å². The number of pyridine rings is 1. The van der Waals surface area contributed by atoms with E-state index in [-0.39, 0.29) is 36.1 Å². The monoisotopic (exact) mass is 652 g/mol. The SMILES string of the molecule is COc1cc2c(=O)c(CCN3C(=O)c4ccccc4C3=O)cn(C(=O)c3cc4c(cc3I)OCO4)c2cc1OC. The summed E-state index contributed by atoms with van der Waals surface area (Å²) in [7, 11) is 2.92. The van der Waals surface area contributed by atoms with Gasteiger partial charge < -0.3 is 18.9 Å². The second-order valence-corrected chi connectivity index (χ2v) is 10.3. The summed E-state index contributed by atoms with van der Waals surface area (Å²) in [5, 5.41) is 0.224. The Bertz CT molecular complexity index is 1780. The minimum atomic E-state index is -0.417. The van der Waals surface area contributed by atoms with Crippen LogP contribution in [0.4, 0.5) is 0 Å². The Labute approximate surface area is 241 Å². The van der Waals surface area contributed by atoms with Gasteiger partial charge in [-0.2, -0.15) is 0 Å². The molecule has 10 nitrogen and oxygen atoms in total. The maximum Gasteiger partial charge on any atom is 0.263 e. The summed E-state index contributed by atoms with van der Waals surface area (Å²) >= 11 is 2.05. The summed E-state index contributed by atoms with van der Waals surface area (Å²) in [4.78, 5) is 54.5. The number of fused-ring (bicyclic) bond motifs is 3. The molecule has 2 amide bonds. The van der Waals surface area contributed by atoms with Crippen molar-refractivity contribution in [3.05, 3.63) is 90.8 Å². The molecule has 0 radical (unpaired) electrons. The highest BCUT2D eigenvalue weighted by molar-refractivity contribution is 14.1. The molecule has 0 fully saturated rings. The highest BCUT2D eigenvalue weighted by atomic mass is 127. The highest BCUT2D eigenvalue weighted by Crippen LogP contribution is 2.37. The minimum absolute atomic E-state index is 0.0316. The van der Waals surface area contributed by atoms with Crippen molar-refractivity contribution in [3.63, 3.8) is 0 Å². The van der Waals surface area contributed by atoms with Crippen molar-refractivity contribution in [1.29, 1.82) is 0 Å². The second kappa shape index (κ2) is 9.97. The van der Waals surface area contributed by atoms with Gasteiger partial charge in [0.2, 0.25) is 6.79 Å². The lowest BCUT2D eigenvalue weighted by atomic mass is 10.1. The van der Waals surface area contributed by atoms with E-state index in [1.165, 1.54) is 31.0 Å². The van der Waals surface area contributed by atoms with Crippen molar-refractivity contribution in [2.45, 2.75) is 6.42 Å². The van der Waals surface area contributed by atoms with Crippen LogP contribution in [-0.4, -0.2) is 54.7 Å². The summed E-state index contributed by atoms with van der Waals surface area (Å²) in [5.41, 5.74) is 1.21. The summed E-state index contributed by atoms with van der Waals surface area (Å²) < 4.78 is 23.8. The maximum absolute atomic E-state index is 14.0. The molecule has 2 aliphatic rings. The molecule has 6 rings (SSSR count). The molecule has 4 aromatic rings. The first-order valence-electron chi connectivity index (χ1n) is 12.2. The third kappa shape index (κ3) is 4.08. The average Bonchev–Trinajstić information content (AvgIpc) is 3.52. The van der Waals surface area contributed by atoms with Gasteiger partial charge in [-0.1, -0.05) is 12.1 Å². The van der Waals surface area contributed by atoms with E-state index in [1.807, 2.05) is 22.6 Å². The number of methoxy groups -OCH3 is 2. The van der Waals surface area contributed by atoms with E-state index >= 15 is 0 Å². The molecular weight excluding hydrogens is 631 g/mol. The Morgan fingerprint density at radius 3 is 2.20 bits per heavy atom. The van der Waals surface area contributed by atoms with E-state index in [0.29, 0.717) is 48.8 Å². The van der Waals surface area contributed by atoms with Crippen LogP contribution >= 0.6 is 22.6 Å². The average molecular weight is 652 g/mol. The summed E-state index contributed by atoms with van der Waals surface area (Å²) in [6.07, 6.45) is 1.50. The Balaban J connectivity index is 1.45. The van der Waals surface area contributed by atoms with E-state index in [2.05, 4.69) is 0 Å². The number of halogens is 1. The second-order valence-electron chi connectivity index (χ2n) is 9.13. The number of carbonyl (C=O) groups excluding carboxylic acids is 3. The molecule has 0 spiro atoms. The van der Waals surface area contributed by atoms with Crippen LogP contribution in [0.15, 0.2) is 59.5 Å². The van der Waals surface area contributed by atoms with Gasteiger partial charge >= 0.3 is 0 Å². The number of hydrogen-bond acceptors (Lipinski definition) is 8. The predicted octanol–water partition coefficient (Wildman–Crippen LogP) is 3.88. The van der Waals surface area contributed by atoms with Crippen molar-refractivity contribution >= 4 is 51.2 Å². The first kappa shape index (κ1) is 25.9. The zero-order valence-electron chi connectivity index (χ0n) is 21.4. The van der Waals surface area contributed by atoms with Gasteiger partial charge in [0.15, 0.2) is 28.4 Å². The molecule has 202 valence electrons. The fourth-order valence-corrected chi connectivity index (χ4v) is 5.61. The number of rotatable bonds is 6. The third-order valence-corrected chi connectivity index (χ3v) is 7.87. The number of benzene rings is 3. The van der Waals surface area contributed by atoms with E-state index in [9.17, 15) is 19.2 Å². The number of carbonyl (C=O) groups is 3. The fourth-order valence-electron chi connectivity index (χ4n) is 4.94. The molecule has 2 aliphatic heterocycles. The minimum Gasteiger partial charge on any atom is -0.493 e. The molecule has 0 saturated heterocycles. The van der Waals surface area contributed by atoms with Gasteiger partial charge in [-0.3, -0.25) is 28.6 Å². The Kier molecular flexibility index (Phi) is 6.45. The largest absolute Gasteiger partial charge is 0.493 e. The van der Waals surface area contributed by atoms with Gasteiger partial charge in [-0.05, 0) is 59.3 Å². The normalized spacial score (nSPS) is 13.6. The standard InChI is InChI=1S/C29H21IN2O8/c1-37-22-10-19-21(12-23(22)38-2)32(29(36)18-9-24-25(11-20(18)30)40-14-39-24)13-15(26(19)33)7-8-31-27(34)16-5-3-4-6-17(16)28(31)35/h3-6,9-13H,7-8,14H2,1-2H3. The molecule has 0 aliphatic carbocycles. The Morgan fingerprint density at radius 1 is 0.925 bits per heavy atom. The highest BCUT2D eigenvalue weighted by Gasteiger charge is 2.35. The third-order valence-electron chi connectivity index (χ3n) is 6.98. The molecule has 40 heavy (non-hydrogen) atoms. The molecule has 0 bridgehead atoms. The topological polar surface area (TPSA) is 113 Å². The van der Waals surface area contributed by atoms with Crippen LogP contribution in [0.1, 0.15) is 36.6 Å². The van der Waals surface area contributed by atoms with Crippen molar-refractivity contribution in [3.8, 4) is 23.0 Å². The smallest absolute Gasteiger partial charge is 0.263 e. The van der Waals surface area contributed by atoms with Crippen molar-refractivity contribution in [2.75, 3.05) is 27.6 Å². The zero-order valence-corrected chi connectivity index (χ0v) is 23.5. The number of imide groups is 1. The maximum atomic E-state index is 14.0. The summed E-state index contributed by atoms with van der Waals surface area (Å²) in [6, 6.07) is 13.0. The number of hydrogen-bond donors (Lipinski definition) is 0. The molecule has 1 aromatic heterocycles. The first-order valence-corrected chi connectivity index (χ1v) is 13.3. The van der Waals surface area contributed by atoms with Crippen LogP contribution < -0.4 is 24.4 Å². The van der Waals surface area contributed by atoms with E-state index < -0.39 is 17.7 Å². The lowest BCUT2D eigenvalue weighted by molar-refractivity contribution is 0.0655. The molecular formula is C29H21IN2O8. The number of ether oxygens (including phenoxy) is 4. The van der Waals surface area contributed by atoms with Gasteiger partial charge in [-0.15, -0.1) is 0 Å². The van der Waals surface area contributed by atoms with E-state index in [1.54, 1.807) is 42.5 Å². The molecule has 3 aromatic carbocycles. The van der Waals surface area contributed by atoms with Gasteiger partial charge in [0.25, 0.3) is 17.7 Å². The fraction of sp³-hybridized carbons (Fsp3) is 0.172.